The molecule has 1 atom stereocenters. The molecular formula is C14H22O4. The van der Waals surface area contributed by atoms with Gasteiger partial charge in [0.1, 0.15) is 6.10 Å². The summed E-state index contributed by atoms with van der Waals surface area (Å²) in [5.41, 5.74) is 1.99. The van der Waals surface area contributed by atoms with Gasteiger partial charge < -0.3 is 19.3 Å². The van der Waals surface area contributed by atoms with Crippen LogP contribution < -0.4 is 0 Å². The summed E-state index contributed by atoms with van der Waals surface area (Å²) in [7, 11) is 1.64. The van der Waals surface area contributed by atoms with Crippen molar-refractivity contribution in [3.8, 4) is 0 Å². The molecule has 0 saturated carbocycles. The maximum absolute atomic E-state index is 9.96. The predicted octanol–water partition coefficient (Wildman–Crippen LogP) is 1.71. The minimum atomic E-state index is -0.579. The Labute approximate surface area is 108 Å². The van der Waals surface area contributed by atoms with E-state index in [0.29, 0.717) is 33.0 Å². The number of ether oxygens (including phenoxy) is 3. The first-order valence-electron chi connectivity index (χ1n) is 6.13. The Balaban J connectivity index is 2.14. The Hall–Kier alpha value is -0.940. The number of aliphatic hydroxyl groups excluding tert-OH is 1. The van der Waals surface area contributed by atoms with Crippen molar-refractivity contribution in [2.24, 2.45) is 0 Å². The third-order valence-corrected chi connectivity index (χ3v) is 2.63. The first-order chi connectivity index (χ1) is 8.75. The molecule has 4 heteroatoms. The normalized spacial score (nSPS) is 12.6. The number of aryl methyl sites for hydroxylation is 1. The van der Waals surface area contributed by atoms with Crippen LogP contribution in [-0.4, -0.2) is 45.3 Å². The second kappa shape index (κ2) is 9.05. The highest BCUT2D eigenvalue weighted by molar-refractivity contribution is 5.27. The van der Waals surface area contributed by atoms with Crippen LogP contribution in [0.25, 0.3) is 0 Å². The average Bonchev–Trinajstić information content (AvgIpc) is 2.38. The van der Waals surface area contributed by atoms with Crippen molar-refractivity contribution in [3.05, 3.63) is 35.4 Å². The third-order valence-electron chi connectivity index (χ3n) is 2.63. The van der Waals surface area contributed by atoms with Crippen LogP contribution in [0.3, 0.4) is 0 Å². The molecule has 0 amide bonds. The van der Waals surface area contributed by atoms with Crippen molar-refractivity contribution in [3.63, 3.8) is 0 Å². The lowest BCUT2D eigenvalue weighted by Crippen LogP contribution is -2.13. The van der Waals surface area contributed by atoms with Gasteiger partial charge in [0.25, 0.3) is 0 Å². The Morgan fingerprint density at radius 3 is 2.44 bits per heavy atom. The largest absolute Gasteiger partial charge is 0.386 e. The fourth-order valence-electron chi connectivity index (χ4n) is 1.61. The van der Waals surface area contributed by atoms with E-state index in [-0.39, 0.29) is 0 Å². The maximum atomic E-state index is 9.96. The average molecular weight is 254 g/mol. The van der Waals surface area contributed by atoms with Crippen LogP contribution in [0.5, 0.6) is 0 Å². The number of hydrogen-bond donors (Lipinski definition) is 1. The van der Waals surface area contributed by atoms with Gasteiger partial charge in [-0.25, -0.2) is 0 Å². The molecule has 1 rings (SSSR count). The monoisotopic (exact) mass is 254 g/mol. The molecule has 18 heavy (non-hydrogen) atoms. The number of hydrogen-bond acceptors (Lipinski definition) is 4. The summed E-state index contributed by atoms with van der Waals surface area (Å²) in [5.74, 6) is 0. The highest BCUT2D eigenvalue weighted by Crippen LogP contribution is 2.17. The Morgan fingerprint density at radius 2 is 1.72 bits per heavy atom. The quantitative estimate of drug-likeness (QED) is 0.681. The van der Waals surface area contributed by atoms with Gasteiger partial charge in [-0.05, 0) is 18.1 Å². The van der Waals surface area contributed by atoms with E-state index in [2.05, 4.69) is 0 Å². The second-order valence-corrected chi connectivity index (χ2v) is 4.05. The van der Waals surface area contributed by atoms with Crippen LogP contribution in [0.2, 0.25) is 0 Å². The van der Waals surface area contributed by atoms with E-state index in [1.54, 1.807) is 7.11 Å². The lowest BCUT2D eigenvalue weighted by Gasteiger charge is -2.14. The zero-order valence-electron chi connectivity index (χ0n) is 11.1. The summed E-state index contributed by atoms with van der Waals surface area (Å²) in [6.07, 6.45) is -0.579. The Bertz CT molecular complexity index is 327. The predicted molar refractivity (Wildman–Crippen MR) is 69.7 cm³/mol. The number of benzene rings is 1. The van der Waals surface area contributed by atoms with Crippen LogP contribution in [0.4, 0.5) is 0 Å². The van der Waals surface area contributed by atoms with Gasteiger partial charge in [0.05, 0.1) is 33.0 Å². The molecule has 102 valence electrons. The Morgan fingerprint density at radius 1 is 1.06 bits per heavy atom. The van der Waals surface area contributed by atoms with E-state index < -0.39 is 6.10 Å². The molecule has 0 aliphatic carbocycles. The molecule has 0 spiro atoms. The first kappa shape index (κ1) is 15.1. The highest BCUT2D eigenvalue weighted by Gasteiger charge is 2.09. The highest BCUT2D eigenvalue weighted by atomic mass is 16.5. The topological polar surface area (TPSA) is 47.9 Å². The van der Waals surface area contributed by atoms with Crippen molar-refractivity contribution in [1.29, 1.82) is 0 Å². The lowest BCUT2D eigenvalue weighted by molar-refractivity contribution is -0.00604. The fourth-order valence-corrected chi connectivity index (χ4v) is 1.61. The molecule has 0 bridgehead atoms. The van der Waals surface area contributed by atoms with Gasteiger partial charge >= 0.3 is 0 Å². The van der Waals surface area contributed by atoms with Gasteiger partial charge in [-0.3, -0.25) is 0 Å². The number of methoxy groups -OCH3 is 1. The number of rotatable bonds is 9. The van der Waals surface area contributed by atoms with E-state index in [1.165, 1.54) is 0 Å². The van der Waals surface area contributed by atoms with Gasteiger partial charge in [0.2, 0.25) is 0 Å². The standard InChI is InChI=1S/C14H22O4/c1-12-5-3-4-6-13(12)14(15)11-18-10-9-17-8-7-16-2/h3-6,14-15H,7-11H2,1-2H3. The summed E-state index contributed by atoms with van der Waals surface area (Å²) >= 11 is 0. The van der Waals surface area contributed by atoms with E-state index in [0.717, 1.165) is 11.1 Å². The molecule has 0 fully saturated rings. The molecule has 1 aromatic rings. The molecule has 0 saturated heterocycles. The van der Waals surface area contributed by atoms with Gasteiger partial charge in [-0.1, -0.05) is 24.3 Å². The van der Waals surface area contributed by atoms with Crippen LogP contribution in [0, 0.1) is 6.92 Å². The van der Waals surface area contributed by atoms with Gasteiger partial charge in [0.15, 0.2) is 0 Å². The first-order valence-corrected chi connectivity index (χ1v) is 6.13. The Kier molecular flexibility index (Phi) is 7.60. The van der Waals surface area contributed by atoms with Crippen LogP contribution in [0.15, 0.2) is 24.3 Å². The van der Waals surface area contributed by atoms with Crippen molar-refractivity contribution in [1.82, 2.24) is 0 Å². The van der Waals surface area contributed by atoms with Crippen molar-refractivity contribution < 1.29 is 19.3 Å². The van der Waals surface area contributed by atoms with E-state index in [1.807, 2.05) is 31.2 Å². The SMILES string of the molecule is COCCOCCOCC(O)c1ccccc1C. The summed E-state index contributed by atoms with van der Waals surface area (Å²) in [5, 5.41) is 9.96. The second-order valence-electron chi connectivity index (χ2n) is 4.05. The van der Waals surface area contributed by atoms with Crippen molar-refractivity contribution in [2.45, 2.75) is 13.0 Å². The van der Waals surface area contributed by atoms with E-state index in [9.17, 15) is 5.11 Å². The maximum Gasteiger partial charge on any atom is 0.103 e. The molecule has 0 heterocycles. The summed E-state index contributed by atoms with van der Waals surface area (Å²) in [6, 6.07) is 7.76. The van der Waals surface area contributed by atoms with Crippen LogP contribution in [-0.2, 0) is 14.2 Å². The smallest absolute Gasteiger partial charge is 0.103 e. The van der Waals surface area contributed by atoms with Crippen molar-refractivity contribution in [2.75, 3.05) is 40.1 Å². The molecule has 4 nitrogen and oxygen atoms in total. The van der Waals surface area contributed by atoms with E-state index in [4.69, 9.17) is 14.2 Å². The molecule has 0 radical (unpaired) electrons. The third kappa shape index (κ3) is 5.60. The van der Waals surface area contributed by atoms with Crippen molar-refractivity contribution >= 4 is 0 Å². The zero-order chi connectivity index (χ0) is 13.2. The minimum absolute atomic E-state index is 0.290. The molecule has 1 N–H and O–H groups in total. The van der Waals surface area contributed by atoms with Crippen LogP contribution in [0.1, 0.15) is 17.2 Å². The molecule has 1 aromatic carbocycles. The van der Waals surface area contributed by atoms with Gasteiger partial charge in [-0.2, -0.15) is 0 Å². The van der Waals surface area contributed by atoms with Crippen LogP contribution >= 0.6 is 0 Å². The molecular weight excluding hydrogens is 232 g/mol. The summed E-state index contributed by atoms with van der Waals surface area (Å²) in [4.78, 5) is 0. The fraction of sp³-hybridized carbons (Fsp3) is 0.571. The number of aliphatic hydroxyl groups is 1. The minimum Gasteiger partial charge on any atom is -0.386 e. The molecule has 0 aromatic heterocycles. The molecule has 0 aliphatic rings. The molecule has 0 aliphatic heterocycles. The lowest BCUT2D eigenvalue weighted by atomic mass is 10.0. The molecule has 1 unspecified atom stereocenters. The summed E-state index contributed by atoms with van der Waals surface area (Å²) in [6.45, 7) is 4.42. The van der Waals surface area contributed by atoms with Gasteiger partial charge in [0, 0.05) is 7.11 Å². The summed E-state index contributed by atoms with van der Waals surface area (Å²) < 4.78 is 15.5. The van der Waals surface area contributed by atoms with E-state index >= 15 is 0 Å². The van der Waals surface area contributed by atoms with Gasteiger partial charge in [-0.15, -0.1) is 0 Å². The zero-order valence-corrected chi connectivity index (χ0v) is 11.1.